The molecule has 1 aromatic carbocycles. The van der Waals surface area contributed by atoms with Crippen molar-refractivity contribution in [3.05, 3.63) is 29.8 Å². The first-order valence-corrected chi connectivity index (χ1v) is 8.08. The minimum atomic E-state index is 0.378. The second-order valence-corrected chi connectivity index (χ2v) is 5.83. The molecule has 0 aliphatic rings. The van der Waals surface area contributed by atoms with E-state index in [0.29, 0.717) is 18.4 Å². The lowest BCUT2D eigenvalue weighted by Gasteiger charge is -2.30. The van der Waals surface area contributed by atoms with Crippen molar-refractivity contribution in [1.82, 2.24) is 5.32 Å². The van der Waals surface area contributed by atoms with Crippen molar-refractivity contribution >= 4 is 5.69 Å². The maximum absolute atomic E-state index is 8.92. The molecule has 0 aromatic heterocycles. The normalized spacial score (nSPS) is 12.2. The number of para-hydroxylation sites is 1. The molecule has 0 heterocycles. The highest BCUT2D eigenvalue weighted by atomic mass is 15.1. The van der Waals surface area contributed by atoms with E-state index in [1.807, 2.05) is 0 Å². The summed E-state index contributed by atoms with van der Waals surface area (Å²) in [5.74, 6) is 0.580. The summed E-state index contributed by atoms with van der Waals surface area (Å²) in [6.07, 6.45) is 1.64. The van der Waals surface area contributed by atoms with E-state index in [1.54, 1.807) is 0 Å². The summed E-state index contributed by atoms with van der Waals surface area (Å²) in [7, 11) is 0. The van der Waals surface area contributed by atoms with Crippen LogP contribution >= 0.6 is 0 Å². The van der Waals surface area contributed by atoms with E-state index in [2.05, 4.69) is 68.2 Å². The van der Waals surface area contributed by atoms with Crippen LogP contribution in [0.5, 0.6) is 0 Å². The number of anilines is 1. The number of nitrogens with one attached hydrogen (secondary N) is 1. The zero-order valence-corrected chi connectivity index (χ0v) is 13.9. The maximum atomic E-state index is 8.92. The summed E-state index contributed by atoms with van der Waals surface area (Å²) < 4.78 is 0. The SMILES string of the molecule is CCNC(CC)c1ccccc1N(CCC#N)CC(C)C. The van der Waals surface area contributed by atoms with Gasteiger partial charge in [-0.3, -0.25) is 0 Å². The molecule has 0 saturated carbocycles. The molecule has 0 aliphatic carbocycles. The molecule has 1 unspecified atom stereocenters. The average Bonchev–Trinajstić information content (AvgIpc) is 2.49. The highest BCUT2D eigenvalue weighted by molar-refractivity contribution is 5.55. The number of nitriles is 1. The van der Waals surface area contributed by atoms with Gasteiger partial charge in [-0.2, -0.15) is 5.26 Å². The lowest BCUT2D eigenvalue weighted by atomic mass is 10.0. The molecule has 1 atom stereocenters. The number of benzene rings is 1. The Kier molecular flexibility index (Phi) is 7.85. The van der Waals surface area contributed by atoms with Gasteiger partial charge in [0.1, 0.15) is 0 Å². The zero-order valence-electron chi connectivity index (χ0n) is 13.9. The topological polar surface area (TPSA) is 39.1 Å². The first-order valence-electron chi connectivity index (χ1n) is 8.08. The molecule has 21 heavy (non-hydrogen) atoms. The van der Waals surface area contributed by atoms with Gasteiger partial charge < -0.3 is 10.2 Å². The molecule has 0 saturated heterocycles. The lowest BCUT2D eigenvalue weighted by molar-refractivity contribution is 0.533. The van der Waals surface area contributed by atoms with Crippen LogP contribution in [0.1, 0.15) is 52.1 Å². The summed E-state index contributed by atoms with van der Waals surface area (Å²) in [6.45, 7) is 11.6. The summed E-state index contributed by atoms with van der Waals surface area (Å²) in [4.78, 5) is 2.36. The summed E-state index contributed by atoms with van der Waals surface area (Å²) in [6, 6.07) is 11.3. The third-order valence-corrected chi connectivity index (χ3v) is 3.59. The number of nitrogens with zero attached hydrogens (tertiary/aromatic N) is 2. The molecule has 0 amide bonds. The molecule has 0 radical (unpaired) electrons. The predicted molar refractivity (Wildman–Crippen MR) is 90.4 cm³/mol. The number of hydrogen-bond donors (Lipinski definition) is 1. The van der Waals surface area contributed by atoms with Crippen LogP contribution in [0.25, 0.3) is 0 Å². The molecular formula is C18H29N3. The first-order chi connectivity index (χ1) is 10.1. The third-order valence-electron chi connectivity index (χ3n) is 3.59. The second kappa shape index (κ2) is 9.41. The monoisotopic (exact) mass is 287 g/mol. The van der Waals surface area contributed by atoms with Gasteiger partial charge in [-0.25, -0.2) is 0 Å². The molecule has 0 bridgehead atoms. The van der Waals surface area contributed by atoms with Gasteiger partial charge >= 0.3 is 0 Å². The van der Waals surface area contributed by atoms with Gasteiger partial charge in [0.15, 0.2) is 0 Å². The molecule has 0 aliphatic heterocycles. The van der Waals surface area contributed by atoms with Crippen molar-refractivity contribution in [3.63, 3.8) is 0 Å². The molecule has 116 valence electrons. The largest absolute Gasteiger partial charge is 0.370 e. The van der Waals surface area contributed by atoms with E-state index >= 15 is 0 Å². The number of hydrogen-bond acceptors (Lipinski definition) is 3. The van der Waals surface area contributed by atoms with E-state index in [4.69, 9.17) is 5.26 Å². The molecule has 1 rings (SSSR count). The lowest BCUT2D eigenvalue weighted by Crippen LogP contribution is -2.31. The molecular weight excluding hydrogens is 258 g/mol. The van der Waals surface area contributed by atoms with E-state index in [9.17, 15) is 0 Å². The number of rotatable bonds is 9. The van der Waals surface area contributed by atoms with Crippen LogP contribution in [-0.2, 0) is 0 Å². The van der Waals surface area contributed by atoms with E-state index in [-0.39, 0.29) is 0 Å². The Labute approximate surface area is 130 Å². The summed E-state index contributed by atoms with van der Waals surface area (Å²) in [5, 5.41) is 12.5. The minimum absolute atomic E-state index is 0.378. The van der Waals surface area contributed by atoms with Crippen LogP contribution < -0.4 is 10.2 Å². The van der Waals surface area contributed by atoms with Crippen molar-refractivity contribution in [3.8, 4) is 6.07 Å². The van der Waals surface area contributed by atoms with E-state index < -0.39 is 0 Å². The minimum Gasteiger partial charge on any atom is -0.370 e. The van der Waals surface area contributed by atoms with Gasteiger partial charge in [-0.1, -0.05) is 45.9 Å². The molecule has 3 nitrogen and oxygen atoms in total. The van der Waals surface area contributed by atoms with Gasteiger partial charge in [0.2, 0.25) is 0 Å². The van der Waals surface area contributed by atoms with Gasteiger partial charge in [0.25, 0.3) is 0 Å². The average molecular weight is 287 g/mol. The van der Waals surface area contributed by atoms with Crippen LogP contribution in [0.4, 0.5) is 5.69 Å². The smallest absolute Gasteiger partial charge is 0.0640 e. The van der Waals surface area contributed by atoms with E-state index in [1.165, 1.54) is 11.3 Å². The fourth-order valence-electron chi connectivity index (χ4n) is 2.73. The summed E-state index contributed by atoms with van der Waals surface area (Å²) >= 11 is 0. The molecule has 1 N–H and O–H groups in total. The van der Waals surface area contributed by atoms with Gasteiger partial charge in [0.05, 0.1) is 12.5 Å². The third kappa shape index (κ3) is 5.40. The Morgan fingerprint density at radius 3 is 2.52 bits per heavy atom. The van der Waals surface area contributed by atoms with Crippen LogP contribution in [0.15, 0.2) is 24.3 Å². The van der Waals surface area contributed by atoms with Crippen molar-refractivity contribution < 1.29 is 0 Å². The highest BCUT2D eigenvalue weighted by Crippen LogP contribution is 2.29. The van der Waals surface area contributed by atoms with Gasteiger partial charge in [0, 0.05) is 24.8 Å². The predicted octanol–water partition coefficient (Wildman–Crippen LogP) is 4.12. The maximum Gasteiger partial charge on any atom is 0.0640 e. The second-order valence-electron chi connectivity index (χ2n) is 5.83. The van der Waals surface area contributed by atoms with E-state index in [0.717, 1.165) is 26.1 Å². The first kappa shape index (κ1) is 17.5. The van der Waals surface area contributed by atoms with Crippen LogP contribution in [-0.4, -0.2) is 19.6 Å². The Bertz CT molecular complexity index is 448. The Morgan fingerprint density at radius 2 is 1.95 bits per heavy atom. The van der Waals surface area contributed by atoms with Crippen molar-refractivity contribution in [2.75, 3.05) is 24.5 Å². The van der Waals surface area contributed by atoms with Crippen LogP contribution in [0, 0.1) is 17.2 Å². The van der Waals surface area contributed by atoms with Crippen molar-refractivity contribution in [2.45, 2.75) is 46.6 Å². The molecule has 3 heteroatoms. The van der Waals surface area contributed by atoms with Crippen molar-refractivity contribution in [1.29, 1.82) is 5.26 Å². The quantitative estimate of drug-likeness (QED) is 0.742. The van der Waals surface area contributed by atoms with Crippen molar-refractivity contribution in [2.24, 2.45) is 5.92 Å². The Hall–Kier alpha value is -1.53. The van der Waals surface area contributed by atoms with Crippen LogP contribution in [0.3, 0.4) is 0 Å². The molecule has 0 spiro atoms. The highest BCUT2D eigenvalue weighted by Gasteiger charge is 2.17. The Balaban J connectivity index is 3.08. The fourth-order valence-corrected chi connectivity index (χ4v) is 2.73. The summed E-state index contributed by atoms with van der Waals surface area (Å²) in [5.41, 5.74) is 2.62. The van der Waals surface area contributed by atoms with Gasteiger partial charge in [-0.05, 0) is 30.5 Å². The molecule has 1 aromatic rings. The Morgan fingerprint density at radius 1 is 1.24 bits per heavy atom. The molecule has 0 fully saturated rings. The van der Waals surface area contributed by atoms with Gasteiger partial charge in [-0.15, -0.1) is 0 Å². The standard InChI is InChI=1S/C18H29N3/c1-5-17(20-6-2)16-10-7-8-11-18(16)21(13-9-12-19)14-15(3)4/h7-8,10-11,15,17,20H,5-6,9,13-14H2,1-4H3. The zero-order chi connectivity index (χ0) is 15.7. The van der Waals surface area contributed by atoms with Crippen LogP contribution in [0.2, 0.25) is 0 Å². The fraction of sp³-hybridized carbons (Fsp3) is 0.611.